The topological polar surface area (TPSA) is 65.0 Å². The second-order valence-electron chi connectivity index (χ2n) is 10.5. The molecule has 0 amide bonds. The Balaban J connectivity index is 2.14. The average Bonchev–Trinajstić information content (AvgIpc) is 3.01. The third-order valence-electron chi connectivity index (χ3n) is 6.45. The highest BCUT2D eigenvalue weighted by atomic mass is 32.2. The monoisotopic (exact) mass is 464 g/mol. The molecule has 1 saturated heterocycles. The average molecular weight is 465 g/mol. The number of sulfonamides is 1. The van der Waals surface area contributed by atoms with E-state index in [0.717, 1.165) is 18.7 Å². The zero-order chi connectivity index (χ0) is 24.2. The minimum atomic E-state index is -3.59. The molecule has 4 atom stereocenters. The van der Waals surface area contributed by atoms with E-state index in [1.165, 1.54) is 11.1 Å². The van der Waals surface area contributed by atoms with E-state index in [1.54, 1.807) is 6.92 Å². The fraction of sp³-hybridized carbons (Fsp3) is 0.720. The van der Waals surface area contributed by atoms with Gasteiger partial charge in [-0.3, -0.25) is 0 Å². The van der Waals surface area contributed by atoms with Gasteiger partial charge in [-0.05, 0) is 62.7 Å². The van der Waals surface area contributed by atoms with Crippen LogP contribution in [0.25, 0.3) is 0 Å². The normalized spacial score (nSPS) is 23.6. The summed E-state index contributed by atoms with van der Waals surface area (Å²) in [6.07, 6.45) is 1.41. The summed E-state index contributed by atoms with van der Waals surface area (Å²) in [5.41, 5.74) is 6.73. The fourth-order valence-electron chi connectivity index (χ4n) is 4.54. The second kappa shape index (κ2) is 11.2. The van der Waals surface area contributed by atoms with Gasteiger partial charge in [-0.1, -0.05) is 58.9 Å². The van der Waals surface area contributed by atoms with E-state index in [1.807, 2.05) is 12.1 Å². The maximum Gasteiger partial charge on any atom is 0.255 e. The molecule has 0 aromatic heterocycles. The Bertz CT molecular complexity index is 880. The van der Waals surface area contributed by atoms with Crippen molar-refractivity contribution in [2.45, 2.75) is 84.2 Å². The van der Waals surface area contributed by atoms with Gasteiger partial charge in [0.2, 0.25) is 0 Å². The van der Waals surface area contributed by atoms with E-state index in [0.29, 0.717) is 12.3 Å². The van der Waals surface area contributed by atoms with E-state index in [4.69, 9.17) is 0 Å². The number of hydrazine groups is 1. The number of nitrogens with zero attached hydrogens (tertiary/aromatic N) is 3. The molecule has 32 heavy (non-hydrogen) atoms. The lowest BCUT2D eigenvalue weighted by Crippen LogP contribution is -2.39. The number of hydrogen-bond donors (Lipinski definition) is 1. The lowest BCUT2D eigenvalue weighted by Gasteiger charge is -2.23. The van der Waals surface area contributed by atoms with Gasteiger partial charge in [0.25, 0.3) is 10.0 Å². The standard InChI is InChI=1S/C25H44N4O2S/c1-17(2)23-24(25(18(3)4)29(9)26-23)27-32(30,31)20(6)14-13-19(5)22-12-10-11-21(15-22)16-28(7)8/h10-12,15,17-20,23,25-26H,13-14,16H2,1-9H3. The van der Waals surface area contributed by atoms with Crippen LogP contribution in [0.15, 0.2) is 28.7 Å². The molecule has 0 aliphatic carbocycles. The summed E-state index contributed by atoms with van der Waals surface area (Å²) in [5.74, 6) is 0.836. The first-order valence-corrected chi connectivity index (χ1v) is 13.4. The van der Waals surface area contributed by atoms with Gasteiger partial charge in [0.05, 0.1) is 23.0 Å². The molecule has 0 spiro atoms. The van der Waals surface area contributed by atoms with Crippen LogP contribution in [-0.2, 0) is 16.6 Å². The van der Waals surface area contributed by atoms with E-state index in [-0.39, 0.29) is 23.9 Å². The Hall–Kier alpha value is -1.28. The van der Waals surface area contributed by atoms with Crippen LogP contribution in [0.5, 0.6) is 0 Å². The van der Waals surface area contributed by atoms with Crippen LogP contribution in [0.3, 0.4) is 0 Å². The molecule has 0 radical (unpaired) electrons. The lowest BCUT2D eigenvalue weighted by atomic mass is 9.92. The quantitative estimate of drug-likeness (QED) is 0.560. The summed E-state index contributed by atoms with van der Waals surface area (Å²) in [6.45, 7) is 13.3. The highest BCUT2D eigenvalue weighted by molar-refractivity contribution is 7.90. The van der Waals surface area contributed by atoms with Crippen molar-refractivity contribution in [1.29, 1.82) is 0 Å². The summed E-state index contributed by atoms with van der Waals surface area (Å²) < 4.78 is 30.9. The largest absolute Gasteiger partial charge is 0.305 e. The molecule has 1 aromatic rings. The first-order valence-electron chi connectivity index (χ1n) is 11.9. The molecule has 0 saturated carbocycles. The van der Waals surface area contributed by atoms with E-state index >= 15 is 0 Å². The molecule has 182 valence electrons. The van der Waals surface area contributed by atoms with Gasteiger partial charge >= 0.3 is 0 Å². The molecule has 1 N–H and O–H groups in total. The zero-order valence-electron chi connectivity index (χ0n) is 21.5. The second-order valence-corrected chi connectivity index (χ2v) is 12.5. The van der Waals surface area contributed by atoms with Gasteiger partial charge in [0.15, 0.2) is 0 Å². The van der Waals surface area contributed by atoms with Crippen molar-refractivity contribution in [2.24, 2.45) is 16.2 Å². The smallest absolute Gasteiger partial charge is 0.255 e. The highest BCUT2D eigenvalue weighted by Crippen LogP contribution is 2.27. The number of rotatable bonds is 10. The maximum absolute atomic E-state index is 13.2. The van der Waals surface area contributed by atoms with Crippen molar-refractivity contribution in [3.05, 3.63) is 35.4 Å². The molecular formula is C25H44N4O2S. The highest BCUT2D eigenvalue weighted by Gasteiger charge is 2.41. The molecule has 1 aromatic carbocycles. The van der Waals surface area contributed by atoms with Crippen LogP contribution < -0.4 is 5.43 Å². The number of nitrogens with one attached hydrogen (secondary N) is 1. The number of benzene rings is 1. The Kier molecular flexibility index (Phi) is 9.46. The minimum absolute atomic E-state index is 0.0114. The van der Waals surface area contributed by atoms with Gasteiger partial charge in [-0.2, -0.15) is 4.40 Å². The van der Waals surface area contributed by atoms with Crippen LogP contribution in [0.4, 0.5) is 0 Å². The van der Waals surface area contributed by atoms with Crippen molar-refractivity contribution in [3.63, 3.8) is 0 Å². The zero-order valence-corrected chi connectivity index (χ0v) is 22.3. The van der Waals surface area contributed by atoms with Crippen molar-refractivity contribution < 1.29 is 8.42 Å². The first kappa shape index (κ1) is 27.0. The summed E-state index contributed by atoms with van der Waals surface area (Å²) in [4.78, 5) is 2.15. The SMILES string of the molecule is CC(CCC(C)S(=O)(=O)N=C1C(C(C)C)NN(C)C1C(C)C)c1cccc(CN(C)C)c1. The third-order valence-corrected chi connectivity index (χ3v) is 8.16. The summed E-state index contributed by atoms with van der Waals surface area (Å²) in [6, 6.07) is 8.56. The molecule has 4 unspecified atom stereocenters. The molecule has 1 aliphatic rings. The van der Waals surface area contributed by atoms with Crippen molar-refractivity contribution >= 4 is 15.7 Å². The van der Waals surface area contributed by atoms with Gasteiger partial charge in [0, 0.05) is 13.6 Å². The maximum atomic E-state index is 13.2. The van der Waals surface area contributed by atoms with Crippen LogP contribution >= 0.6 is 0 Å². The van der Waals surface area contributed by atoms with Gasteiger partial charge in [0.1, 0.15) is 0 Å². The minimum Gasteiger partial charge on any atom is -0.305 e. The summed E-state index contributed by atoms with van der Waals surface area (Å²) in [5, 5.41) is 1.52. The molecule has 0 bridgehead atoms. The van der Waals surface area contributed by atoms with Crippen molar-refractivity contribution in [2.75, 3.05) is 21.1 Å². The Labute approximate surface area is 196 Å². The Morgan fingerprint density at radius 1 is 1.06 bits per heavy atom. The van der Waals surface area contributed by atoms with Gasteiger partial charge in [-0.15, -0.1) is 0 Å². The van der Waals surface area contributed by atoms with Crippen molar-refractivity contribution in [1.82, 2.24) is 15.3 Å². The third kappa shape index (κ3) is 6.86. The fourth-order valence-corrected chi connectivity index (χ4v) is 5.67. The first-order chi connectivity index (χ1) is 14.8. The predicted octanol–water partition coefficient (Wildman–Crippen LogP) is 4.29. The Morgan fingerprint density at radius 3 is 2.28 bits per heavy atom. The molecule has 6 nitrogen and oxygen atoms in total. The van der Waals surface area contributed by atoms with E-state index < -0.39 is 15.3 Å². The van der Waals surface area contributed by atoms with Gasteiger partial charge < -0.3 is 4.90 Å². The molecule has 1 heterocycles. The van der Waals surface area contributed by atoms with Crippen LogP contribution in [0.1, 0.15) is 71.4 Å². The molecule has 1 fully saturated rings. The molecular weight excluding hydrogens is 420 g/mol. The number of hydrogen-bond acceptors (Lipinski definition) is 5. The van der Waals surface area contributed by atoms with Gasteiger partial charge in [-0.25, -0.2) is 18.9 Å². The van der Waals surface area contributed by atoms with Crippen molar-refractivity contribution in [3.8, 4) is 0 Å². The Morgan fingerprint density at radius 2 is 1.72 bits per heavy atom. The molecule has 2 rings (SSSR count). The van der Waals surface area contributed by atoms with Crippen LogP contribution in [-0.4, -0.2) is 62.5 Å². The lowest BCUT2D eigenvalue weighted by molar-refractivity contribution is 0.192. The van der Waals surface area contributed by atoms with Crippen LogP contribution in [0, 0.1) is 11.8 Å². The van der Waals surface area contributed by atoms with E-state index in [9.17, 15) is 8.42 Å². The molecule has 7 heteroatoms. The summed E-state index contributed by atoms with van der Waals surface area (Å²) >= 11 is 0. The van der Waals surface area contributed by atoms with E-state index in [2.05, 4.69) is 87.7 Å². The van der Waals surface area contributed by atoms with Crippen LogP contribution in [0.2, 0.25) is 0 Å². The summed E-state index contributed by atoms with van der Waals surface area (Å²) in [7, 11) is 2.52. The predicted molar refractivity (Wildman–Crippen MR) is 135 cm³/mol. The molecule has 1 aliphatic heterocycles.